The van der Waals surface area contributed by atoms with Gasteiger partial charge >= 0.3 is 5.97 Å². The number of methoxy groups -OCH3 is 1. The number of carbonyl (C=O) groups is 1. The first-order chi connectivity index (χ1) is 8.12. The molecule has 17 heavy (non-hydrogen) atoms. The second-order valence-corrected chi connectivity index (χ2v) is 5.48. The summed E-state index contributed by atoms with van der Waals surface area (Å²) in [7, 11) is 1.45. The lowest BCUT2D eigenvalue weighted by Crippen LogP contribution is -2.44. The van der Waals surface area contributed by atoms with Crippen LogP contribution in [0.1, 0.15) is 39.0 Å². The molecule has 0 aromatic heterocycles. The predicted octanol–water partition coefficient (Wildman–Crippen LogP) is 1.47. The summed E-state index contributed by atoms with van der Waals surface area (Å²) in [5.74, 6) is 0.255. The van der Waals surface area contributed by atoms with Gasteiger partial charge in [-0.15, -0.1) is 0 Å². The van der Waals surface area contributed by atoms with E-state index >= 15 is 0 Å². The van der Waals surface area contributed by atoms with Crippen molar-refractivity contribution in [1.82, 2.24) is 0 Å². The highest BCUT2D eigenvalue weighted by Crippen LogP contribution is 2.49. The zero-order valence-electron chi connectivity index (χ0n) is 10.8. The topological polar surface area (TPSA) is 61.5 Å². The highest BCUT2D eigenvalue weighted by Gasteiger charge is 2.52. The number of rotatable bonds is 5. The Morgan fingerprint density at radius 1 is 1.41 bits per heavy atom. The lowest BCUT2D eigenvalue weighted by Gasteiger charge is -2.32. The predicted molar refractivity (Wildman–Crippen MR) is 64.4 cm³/mol. The molecule has 3 unspecified atom stereocenters. The van der Waals surface area contributed by atoms with Crippen LogP contribution < -0.4 is 5.73 Å². The van der Waals surface area contributed by atoms with Gasteiger partial charge in [0.15, 0.2) is 0 Å². The summed E-state index contributed by atoms with van der Waals surface area (Å²) < 4.78 is 10.8. The van der Waals surface area contributed by atoms with Crippen molar-refractivity contribution in [2.45, 2.75) is 51.2 Å². The third-order valence-corrected chi connectivity index (χ3v) is 4.23. The minimum Gasteiger partial charge on any atom is -0.469 e. The Labute approximate surface area is 103 Å². The molecule has 98 valence electrons. The minimum absolute atomic E-state index is 0.148. The van der Waals surface area contributed by atoms with Gasteiger partial charge in [0.05, 0.1) is 24.7 Å². The molecule has 2 rings (SSSR count). The SMILES string of the molecule is COC(=O)C(CN)(CC1CCC(C)O1)C1CC1. The Morgan fingerprint density at radius 2 is 2.12 bits per heavy atom. The number of nitrogens with two attached hydrogens (primary N) is 1. The van der Waals surface area contributed by atoms with E-state index in [2.05, 4.69) is 6.92 Å². The average Bonchev–Trinajstić information content (AvgIpc) is 3.10. The molecule has 0 spiro atoms. The van der Waals surface area contributed by atoms with Crippen LogP contribution in [0.15, 0.2) is 0 Å². The van der Waals surface area contributed by atoms with Gasteiger partial charge in [-0.3, -0.25) is 4.79 Å². The largest absolute Gasteiger partial charge is 0.469 e. The summed E-state index contributed by atoms with van der Waals surface area (Å²) in [5.41, 5.74) is 5.39. The molecule has 4 heteroatoms. The molecule has 1 aliphatic heterocycles. The van der Waals surface area contributed by atoms with E-state index in [1.54, 1.807) is 0 Å². The third kappa shape index (κ3) is 2.47. The molecule has 0 amide bonds. The summed E-state index contributed by atoms with van der Waals surface area (Å²) in [5, 5.41) is 0. The summed E-state index contributed by atoms with van der Waals surface area (Å²) in [6.07, 6.45) is 5.51. The summed E-state index contributed by atoms with van der Waals surface area (Å²) in [6.45, 7) is 2.46. The molecule has 2 fully saturated rings. The van der Waals surface area contributed by atoms with Gasteiger partial charge in [0.25, 0.3) is 0 Å². The summed E-state index contributed by atoms with van der Waals surface area (Å²) in [4.78, 5) is 12.1. The Bertz CT molecular complexity index is 290. The first-order valence-corrected chi connectivity index (χ1v) is 6.56. The maximum atomic E-state index is 12.1. The molecule has 1 saturated carbocycles. The van der Waals surface area contributed by atoms with Crippen LogP contribution in [-0.4, -0.2) is 31.8 Å². The van der Waals surface area contributed by atoms with Crippen molar-refractivity contribution in [3.8, 4) is 0 Å². The van der Waals surface area contributed by atoms with Crippen LogP contribution in [0.25, 0.3) is 0 Å². The van der Waals surface area contributed by atoms with Gasteiger partial charge in [-0.1, -0.05) is 0 Å². The second kappa shape index (κ2) is 4.94. The standard InChI is InChI=1S/C13H23NO3/c1-9-3-6-11(17-9)7-13(8-14,10-4-5-10)12(15)16-2/h9-11H,3-8,14H2,1-2H3. The lowest BCUT2D eigenvalue weighted by atomic mass is 9.77. The number of hydrogen-bond donors (Lipinski definition) is 1. The van der Waals surface area contributed by atoms with Crippen molar-refractivity contribution in [2.75, 3.05) is 13.7 Å². The van der Waals surface area contributed by atoms with E-state index in [1.807, 2.05) is 0 Å². The molecule has 3 atom stereocenters. The molecular weight excluding hydrogens is 218 g/mol. The van der Waals surface area contributed by atoms with Crippen LogP contribution >= 0.6 is 0 Å². The van der Waals surface area contributed by atoms with E-state index in [-0.39, 0.29) is 12.1 Å². The molecular formula is C13H23NO3. The van der Waals surface area contributed by atoms with E-state index in [0.29, 0.717) is 18.6 Å². The van der Waals surface area contributed by atoms with Crippen molar-refractivity contribution in [2.24, 2.45) is 17.1 Å². The molecule has 0 aromatic rings. The van der Waals surface area contributed by atoms with Gasteiger partial charge in [-0.2, -0.15) is 0 Å². The molecule has 2 aliphatic rings. The van der Waals surface area contributed by atoms with Gasteiger partial charge in [-0.25, -0.2) is 0 Å². The molecule has 1 heterocycles. The molecule has 0 aromatic carbocycles. The van der Waals surface area contributed by atoms with Crippen LogP contribution in [0.4, 0.5) is 0 Å². The summed E-state index contributed by atoms with van der Waals surface area (Å²) in [6, 6.07) is 0. The molecule has 0 bridgehead atoms. The van der Waals surface area contributed by atoms with E-state index in [1.165, 1.54) is 7.11 Å². The molecule has 4 nitrogen and oxygen atoms in total. The van der Waals surface area contributed by atoms with E-state index < -0.39 is 5.41 Å². The zero-order chi connectivity index (χ0) is 12.5. The highest BCUT2D eigenvalue weighted by atomic mass is 16.5. The number of ether oxygens (including phenoxy) is 2. The molecule has 1 aliphatic carbocycles. The van der Waals surface area contributed by atoms with Crippen LogP contribution in [0.2, 0.25) is 0 Å². The van der Waals surface area contributed by atoms with Crippen LogP contribution in [0.5, 0.6) is 0 Å². The number of carbonyl (C=O) groups excluding carboxylic acids is 1. The number of hydrogen-bond acceptors (Lipinski definition) is 4. The maximum absolute atomic E-state index is 12.1. The first-order valence-electron chi connectivity index (χ1n) is 6.56. The molecule has 0 radical (unpaired) electrons. The van der Waals surface area contributed by atoms with Crippen molar-refractivity contribution in [3.05, 3.63) is 0 Å². The minimum atomic E-state index is -0.497. The monoisotopic (exact) mass is 241 g/mol. The molecule has 1 saturated heterocycles. The van der Waals surface area contributed by atoms with Gasteiger partial charge in [0.1, 0.15) is 0 Å². The van der Waals surface area contributed by atoms with Crippen molar-refractivity contribution >= 4 is 5.97 Å². The Hall–Kier alpha value is -0.610. The van der Waals surface area contributed by atoms with Gasteiger partial charge in [-0.05, 0) is 44.9 Å². The average molecular weight is 241 g/mol. The van der Waals surface area contributed by atoms with Crippen molar-refractivity contribution < 1.29 is 14.3 Å². The van der Waals surface area contributed by atoms with E-state index in [4.69, 9.17) is 15.2 Å². The Balaban J connectivity index is 2.07. The Kier molecular flexibility index (Phi) is 3.73. The van der Waals surface area contributed by atoms with E-state index in [0.717, 1.165) is 32.1 Å². The lowest BCUT2D eigenvalue weighted by molar-refractivity contribution is -0.156. The van der Waals surface area contributed by atoms with Gasteiger partial charge in [0, 0.05) is 6.54 Å². The van der Waals surface area contributed by atoms with Crippen molar-refractivity contribution in [3.63, 3.8) is 0 Å². The second-order valence-electron chi connectivity index (χ2n) is 5.48. The van der Waals surface area contributed by atoms with Crippen LogP contribution in [0, 0.1) is 11.3 Å². The Morgan fingerprint density at radius 3 is 2.53 bits per heavy atom. The van der Waals surface area contributed by atoms with E-state index in [9.17, 15) is 4.79 Å². The fourth-order valence-electron chi connectivity index (χ4n) is 3.03. The van der Waals surface area contributed by atoms with Crippen molar-refractivity contribution in [1.29, 1.82) is 0 Å². The molecule has 2 N–H and O–H groups in total. The zero-order valence-corrected chi connectivity index (χ0v) is 10.8. The number of esters is 1. The quantitative estimate of drug-likeness (QED) is 0.740. The van der Waals surface area contributed by atoms with Gasteiger partial charge in [0.2, 0.25) is 0 Å². The highest BCUT2D eigenvalue weighted by molar-refractivity contribution is 5.78. The fourth-order valence-corrected chi connectivity index (χ4v) is 3.03. The van der Waals surface area contributed by atoms with Crippen LogP contribution in [0.3, 0.4) is 0 Å². The smallest absolute Gasteiger partial charge is 0.313 e. The third-order valence-electron chi connectivity index (χ3n) is 4.23. The maximum Gasteiger partial charge on any atom is 0.313 e. The summed E-state index contributed by atoms with van der Waals surface area (Å²) >= 11 is 0. The first kappa shape index (κ1) is 12.8. The van der Waals surface area contributed by atoms with Crippen LogP contribution in [-0.2, 0) is 14.3 Å². The fraction of sp³-hybridized carbons (Fsp3) is 0.923. The normalized spacial score (nSPS) is 32.2. The van der Waals surface area contributed by atoms with Gasteiger partial charge < -0.3 is 15.2 Å².